The van der Waals surface area contributed by atoms with Crippen LogP contribution < -0.4 is 23.7 Å². The number of ether oxygens (including phenoxy) is 4. The fourth-order valence-corrected chi connectivity index (χ4v) is 6.21. The molecule has 0 bridgehead atoms. The van der Waals surface area contributed by atoms with E-state index in [9.17, 15) is 0 Å². The van der Waals surface area contributed by atoms with E-state index in [-0.39, 0.29) is 5.41 Å². The third kappa shape index (κ3) is 7.03. The van der Waals surface area contributed by atoms with E-state index in [1.165, 1.54) is 0 Å². The maximum atomic E-state index is 6.42. The molecule has 0 saturated heterocycles. The lowest BCUT2D eigenvalue weighted by atomic mass is 9.82. The summed E-state index contributed by atoms with van der Waals surface area (Å²) in [5.74, 6) is 2.87. The maximum Gasteiger partial charge on any atom is 0.184 e. The Hall–Kier alpha value is -3.13. The number of aromatic nitrogens is 1. The van der Waals surface area contributed by atoms with Crippen LogP contribution in [0.2, 0.25) is 10.0 Å². The third-order valence-electron chi connectivity index (χ3n) is 7.25. The highest BCUT2D eigenvalue weighted by Gasteiger charge is 2.28. The molecule has 0 atom stereocenters. The molecule has 0 fully saturated rings. The molecule has 4 rings (SSSR count). The van der Waals surface area contributed by atoms with Gasteiger partial charge in [0.2, 0.25) is 0 Å². The van der Waals surface area contributed by atoms with Gasteiger partial charge in [-0.1, -0.05) is 55.2 Å². The quantitative estimate of drug-likeness (QED) is 0.165. The Morgan fingerprint density at radius 3 is 1.88 bits per heavy atom. The van der Waals surface area contributed by atoms with Crippen LogP contribution in [0.4, 0.5) is 0 Å². The first-order valence-corrected chi connectivity index (χ1v) is 14.9. The van der Waals surface area contributed by atoms with Crippen LogP contribution in [0.25, 0.3) is 0 Å². The first-order chi connectivity index (χ1) is 19.7. The normalized spacial score (nSPS) is 12.0. The maximum absolute atomic E-state index is 6.42. The van der Waals surface area contributed by atoms with Gasteiger partial charge in [-0.15, -0.1) is 11.3 Å². The topological polar surface area (TPSA) is 54.2 Å². The highest BCUT2D eigenvalue weighted by molar-refractivity contribution is 7.07. The smallest absolute Gasteiger partial charge is 0.184 e. The predicted octanol–water partition coefficient (Wildman–Crippen LogP) is 7.60. The third-order valence-corrected chi connectivity index (χ3v) is 8.89. The van der Waals surface area contributed by atoms with E-state index in [1.807, 2.05) is 42.5 Å². The van der Waals surface area contributed by atoms with Gasteiger partial charge in [-0.2, -0.15) is 0 Å². The summed E-state index contributed by atoms with van der Waals surface area (Å²) in [6.45, 7) is 5.79. The van der Waals surface area contributed by atoms with Gasteiger partial charge >= 0.3 is 0 Å². The molecule has 3 aromatic carbocycles. The van der Waals surface area contributed by atoms with Crippen LogP contribution in [0, 0.1) is 0 Å². The molecule has 0 N–H and O–H groups in total. The van der Waals surface area contributed by atoms with E-state index < -0.39 is 0 Å². The highest BCUT2D eigenvalue weighted by Crippen LogP contribution is 2.36. The van der Waals surface area contributed by atoms with E-state index in [0.29, 0.717) is 28.1 Å². The molecule has 1 heterocycles. The molecular weight excluding hydrogens is 579 g/mol. The van der Waals surface area contributed by atoms with Gasteiger partial charge in [0.1, 0.15) is 0 Å². The van der Waals surface area contributed by atoms with E-state index >= 15 is 0 Å². The molecule has 218 valence electrons. The van der Waals surface area contributed by atoms with Gasteiger partial charge in [-0.25, -0.2) is 0 Å². The molecule has 1 aromatic heterocycles. The van der Waals surface area contributed by atoms with E-state index in [2.05, 4.69) is 35.9 Å². The fraction of sp³-hybridized carbons (Fsp3) is 0.344. The molecule has 0 radical (unpaired) electrons. The fourth-order valence-electron chi connectivity index (χ4n) is 4.79. The van der Waals surface area contributed by atoms with Crippen LogP contribution in [-0.2, 0) is 24.8 Å². The SMILES string of the molecule is COc1ccc(CCN=c2scc(C(C)(C)c3ccc(Cl)c(Cl)c3)n2CCc2ccc(OC)c(OC)c2)cc1OC. The van der Waals surface area contributed by atoms with Gasteiger partial charge in [-0.3, -0.25) is 4.99 Å². The van der Waals surface area contributed by atoms with Crippen LogP contribution in [-0.4, -0.2) is 39.6 Å². The molecule has 0 aliphatic rings. The van der Waals surface area contributed by atoms with Crippen molar-refractivity contribution in [1.82, 2.24) is 4.57 Å². The van der Waals surface area contributed by atoms with Gasteiger partial charge in [-0.05, 0) is 65.9 Å². The molecule has 0 amide bonds. The zero-order chi connectivity index (χ0) is 29.6. The van der Waals surface area contributed by atoms with Gasteiger partial charge in [0, 0.05) is 29.6 Å². The Kier molecular flexibility index (Phi) is 10.3. The van der Waals surface area contributed by atoms with Crippen molar-refractivity contribution in [3.63, 3.8) is 0 Å². The summed E-state index contributed by atoms with van der Waals surface area (Å²) < 4.78 is 24.1. The Balaban J connectivity index is 1.67. The predicted molar refractivity (Wildman–Crippen MR) is 168 cm³/mol. The summed E-state index contributed by atoms with van der Waals surface area (Å²) in [5, 5.41) is 3.29. The average Bonchev–Trinajstić information content (AvgIpc) is 3.40. The molecule has 0 aliphatic carbocycles. The van der Waals surface area contributed by atoms with Crippen LogP contribution in [0.3, 0.4) is 0 Å². The Labute approximate surface area is 256 Å². The zero-order valence-electron chi connectivity index (χ0n) is 24.3. The summed E-state index contributed by atoms with van der Waals surface area (Å²) in [4.78, 5) is 6.02. The first kappa shape index (κ1) is 30.8. The number of aryl methyl sites for hydroxylation is 1. The molecule has 0 saturated carbocycles. The van der Waals surface area contributed by atoms with Gasteiger partial charge < -0.3 is 23.5 Å². The lowest BCUT2D eigenvalue weighted by molar-refractivity contribution is 0.354. The van der Waals surface area contributed by atoms with Crippen molar-refractivity contribution in [3.05, 3.63) is 97.2 Å². The first-order valence-electron chi connectivity index (χ1n) is 13.3. The highest BCUT2D eigenvalue weighted by atomic mass is 35.5. The number of nitrogens with zero attached hydrogens (tertiary/aromatic N) is 2. The van der Waals surface area contributed by atoms with Gasteiger partial charge in [0.25, 0.3) is 0 Å². The van der Waals surface area contributed by atoms with Crippen LogP contribution >= 0.6 is 34.5 Å². The number of benzene rings is 3. The number of methoxy groups -OCH3 is 4. The van der Waals surface area contributed by atoms with Crippen molar-refractivity contribution in [1.29, 1.82) is 0 Å². The molecule has 0 aliphatic heterocycles. The van der Waals surface area contributed by atoms with Gasteiger partial charge in [0.15, 0.2) is 27.8 Å². The minimum Gasteiger partial charge on any atom is -0.493 e. The second-order valence-electron chi connectivity index (χ2n) is 10.1. The number of hydrogen-bond donors (Lipinski definition) is 0. The van der Waals surface area contributed by atoms with Crippen LogP contribution in [0.5, 0.6) is 23.0 Å². The molecule has 0 unspecified atom stereocenters. The summed E-state index contributed by atoms with van der Waals surface area (Å²) >= 11 is 14.3. The summed E-state index contributed by atoms with van der Waals surface area (Å²) in [5.41, 5.74) is 4.19. The molecular formula is C32H36Cl2N2O4S. The largest absolute Gasteiger partial charge is 0.493 e. The lowest BCUT2D eigenvalue weighted by Gasteiger charge is -2.27. The molecule has 6 nitrogen and oxygen atoms in total. The van der Waals surface area contributed by atoms with Crippen LogP contribution in [0.1, 0.15) is 36.2 Å². The molecule has 41 heavy (non-hydrogen) atoms. The minimum absolute atomic E-state index is 0.334. The number of thiazole rings is 1. The van der Waals surface area contributed by atoms with E-state index in [1.54, 1.807) is 39.8 Å². The Bertz CT molecular complexity index is 1560. The summed E-state index contributed by atoms with van der Waals surface area (Å²) in [6, 6.07) is 17.9. The Morgan fingerprint density at radius 1 is 0.732 bits per heavy atom. The van der Waals surface area contributed by atoms with Crippen molar-refractivity contribution in [2.24, 2.45) is 4.99 Å². The van der Waals surface area contributed by atoms with Crippen molar-refractivity contribution in [3.8, 4) is 23.0 Å². The number of rotatable bonds is 12. The van der Waals surface area contributed by atoms with E-state index in [0.717, 1.165) is 58.1 Å². The summed E-state index contributed by atoms with van der Waals surface area (Å²) in [7, 11) is 6.59. The van der Waals surface area contributed by atoms with Crippen molar-refractivity contribution in [2.45, 2.75) is 38.6 Å². The average molecular weight is 616 g/mol. The van der Waals surface area contributed by atoms with Crippen molar-refractivity contribution < 1.29 is 18.9 Å². The monoisotopic (exact) mass is 614 g/mol. The number of hydrogen-bond acceptors (Lipinski definition) is 6. The number of halogens is 2. The van der Waals surface area contributed by atoms with E-state index in [4.69, 9.17) is 47.1 Å². The second-order valence-corrected chi connectivity index (χ2v) is 11.7. The van der Waals surface area contributed by atoms with Crippen molar-refractivity contribution >= 4 is 34.5 Å². The lowest BCUT2D eigenvalue weighted by Crippen LogP contribution is -2.28. The minimum atomic E-state index is -0.334. The Morgan fingerprint density at radius 2 is 1.32 bits per heavy atom. The molecule has 0 spiro atoms. The van der Waals surface area contributed by atoms with Gasteiger partial charge in [0.05, 0.1) is 38.5 Å². The molecule has 9 heteroatoms. The standard InChI is InChI=1S/C32H36Cl2N2O4S/c1-32(2,23-9-10-24(33)25(34)19-23)30-20-41-31(35-15-13-21-7-11-26(37-3)28(17-21)39-5)36(30)16-14-22-8-12-27(38-4)29(18-22)40-6/h7-12,17-20H,13-16H2,1-6H3. The molecule has 4 aromatic rings. The second kappa shape index (κ2) is 13.7. The zero-order valence-corrected chi connectivity index (χ0v) is 26.6. The van der Waals surface area contributed by atoms with Crippen molar-refractivity contribution in [2.75, 3.05) is 35.0 Å². The van der Waals surface area contributed by atoms with Crippen LogP contribution in [0.15, 0.2) is 65.0 Å². The summed E-state index contributed by atoms with van der Waals surface area (Å²) in [6.07, 6.45) is 1.57.